The number of rotatable bonds is 8. The summed E-state index contributed by atoms with van der Waals surface area (Å²) < 4.78 is 27.8. The van der Waals surface area contributed by atoms with Crippen molar-refractivity contribution >= 4 is 35.3 Å². The van der Waals surface area contributed by atoms with Crippen LogP contribution in [0.15, 0.2) is 17.1 Å². The summed E-state index contributed by atoms with van der Waals surface area (Å²) in [5, 5.41) is 9.59. The van der Waals surface area contributed by atoms with E-state index in [0.29, 0.717) is 49.5 Å². The fourth-order valence-electron chi connectivity index (χ4n) is 5.14. The van der Waals surface area contributed by atoms with Gasteiger partial charge in [-0.05, 0) is 57.1 Å². The lowest BCUT2D eigenvalue weighted by Crippen LogP contribution is -2.35. The van der Waals surface area contributed by atoms with Crippen LogP contribution in [0.3, 0.4) is 0 Å². The van der Waals surface area contributed by atoms with E-state index in [1.165, 1.54) is 19.2 Å². The molecular weight excluding hydrogens is 495 g/mol. The Morgan fingerprint density at radius 1 is 1.18 bits per heavy atom. The number of carboxylic acid groups (broad SMARTS) is 1. The number of anilines is 1. The highest BCUT2D eigenvalue weighted by Crippen LogP contribution is 2.40. The van der Waals surface area contributed by atoms with Gasteiger partial charge in [0.2, 0.25) is 5.43 Å². The zero-order valence-corrected chi connectivity index (χ0v) is 22.9. The van der Waals surface area contributed by atoms with E-state index < -0.39 is 17.2 Å². The van der Waals surface area contributed by atoms with Gasteiger partial charge in [-0.1, -0.05) is 13.8 Å². The molecule has 0 radical (unpaired) electrons. The Hall–Kier alpha value is -3.27. The van der Waals surface area contributed by atoms with Crippen LogP contribution >= 0.6 is 0 Å². The predicted octanol–water partition coefficient (Wildman–Crippen LogP) is 4.37. The fraction of sp³-hybridized carbons (Fsp3) is 0.571. The molecule has 2 heterocycles. The van der Waals surface area contributed by atoms with Gasteiger partial charge in [-0.3, -0.25) is 9.59 Å². The molecule has 1 saturated heterocycles. The number of ether oxygens (including phenoxy) is 2. The number of aldehydes is 1. The third-order valence-electron chi connectivity index (χ3n) is 6.85. The molecule has 10 heteroatoms. The first-order valence-corrected chi connectivity index (χ1v) is 13.1. The maximum Gasteiger partial charge on any atom is 0.341 e. The van der Waals surface area contributed by atoms with Gasteiger partial charge in [-0.2, -0.15) is 0 Å². The largest absolute Gasteiger partial charge is 0.477 e. The Kier molecular flexibility index (Phi) is 11.9. The molecule has 210 valence electrons. The number of methoxy groups -OCH3 is 1. The molecule has 1 N–H and O–H groups in total. The van der Waals surface area contributed by atoms with Crippen LogP contribution in [0.25, 0.3) is 10.9 Å². The van der Waals surface area contributed by atoms with Crippen molar-refractivity contribution in [3.63, 3.8) is 0 Å². The smallest absolute Gasteiger partial charge is 0.341 e. The molecule has 4 rings (SSSR count). The van der Waals surface area contributed by atoms with Gasteiger partial charge in [-0.25, -0.2) is 9.18 Å². The van der Waals surface area contributed by atoms with Crippen molar-refractivity contribution in [3.8, 4) is 0 Å². The number of carbonyl (C=O) groups is 3. The lowest BCUT2D eigenvalue weighted by atomic mass is 9.90. The van der Waals surface area contributed by atoms with Crippen LogP contribution in [0.4, 0.5) is 10.1 Å². The van der Waals surface area contributed by atoms with Crippen molar-refractivity contribution in [2.45, 2.75) is 59.4 Å². The van der Waals surface area contributed by atoms with Crippen LogP contribution in [0, 0.1) is 24.6 Å². The molecule has 2 atom stereocenters. The molecule has 0 spiro atoms. The highest BCUT2D eigenvalue weighted by atomic mass is 19.1. The molecular formula is C28H39FN2O7. The number of benzene rings is 1. The minimum Gasteiger partial charge on any atom is -0.477 e. The second kappa shape index (κ2) is 14.6. The Balaban J connectivity index is 0.000000947. The number of pyridine rings is 1. The molecule has 0 bridgehead atoms. The number of carbonyl (C=O) groups excluding carboxylic acids is 2. The quantitative estimate of drug-likeness (QED) is 0.497. The van der Waals surface area contributed by atoms with E-state index in [1.54, 1.807) is 14.0 Å². The summed E-state index contributed by atoms with van der Waals surface area (Å²) in [6.45, 7) is 9.56. The minimum absolute atomic E-state index is 0.0342. The molecule has 2 aromatic rings. The summed E-state index contributed by atoms with van der Waals surface area (Å²) in [6.07, 6.45) is 5.55. The monoisotopic (exact) mass is 534 g/mol. The van der Waals surface area contributed by atoms with Gasteiger partial charge in [0.05, 0.1) is 24.4 Å². The van der Waals surface area contributed by atoms with Crippen molar-refractivity contribution in [2.75, 3.05) is 38.3 Å². The van der Waals surface area contributed by atoms with Crippen molar-refractivity contribution < 1.29 is 33.4 Å². The van der Waals surface area contributed by atoms with Crippen molar-refractivity contribution in [2.24, 2.45) is 11.8 Å². The fourth-order valence-corrected chi connectivity index (χ4v) is 5.14. The molecule has 1 aromatic carbocycles. The van der Waals surface area contributed by atoms with Crippen molar-refractivity contribution in [1.29, 1.82) is 0 Å². The highest BCUT2D eigenvalue weighted by Gasteiger charge is 2.32. The van der Waals surface area contributed by atoms with Gasteiger partial charge in [0.25, 0.3) is 6.47 Å². The molecule has 1 aromatic heterocycles. The maximum absolute atomic E-state index is 15.5. The maximum atomic E-state index is 15.5. The minimum atomic E-state index is -1.31. The molecule has 0 amide bonds. The van der Waals surface area contributed by atoms with E-state index >= 15 is 4.39 Å². The van der Waals surface area contributed by atoms with Crippen molar-refractivity contribution in [3.05, 3.63) is 39.4 Å². The number of aromatic carboxylic acids is 1. The first-order valence-electron chi connectivity index (χ1n) is 13.1. The number of nitrogens with zero attached hydrogens (tertiary/aromatic N) is 2. The second-order valence-electron chi connectivity index (χ2n) is 9.27. The van der Waals surface area contributed by atoms with Gasteiger partial charge < -0.3 is 28.8 Å². The first-order chi connectivity index (χ1) is 18.3. The number of fused-ring (bicyclic) bond motifs is 1. The Labute approximate surface area is 222 Å². The van der Waals surface area contributed by atoms with Crippen molar-refractivity contribution in [1.82, 2.24) is 4.57 Å². The van der Waals surface area contributed by atoms with E-state index in [0.717, 1.165) is 32.0 Å². The molecule has 1 saturated carbocycles. The average molecular weight is 535 g/mol. The summed E-state index contributed by atoms with van der Waals surface area (Å²) in [4.78, 5) is 46.0. The third-order valence-corrected chi connectivity index (χ3v) is 6.85. The topological polar surface area (TPSA) is 115 Å². The standard InChI is InChI=1S/C24H29FN2O6.C2H4O.C2H6/c1-14-21-18(23(29)19(24(30)31)10-27(21)17-5-6-17)8-20(25)22(14)26-7-3-4-15(12-33-13-28)16(9-26)11-32-2;1-2-3;1-2/h8,10,13,15-17H,3-7,9,11-12H2,1-2H3,(H,30,31);2H,1H3;1-2H3/t15-,16+;;/m1../s1. The summed E-state index contributed by atoms with van der Waals surface area (Å²) in [5.41, 5.74) is 0.649. The summed E-state index contributed by atoms with van der Waals surface area (Å²) in [7, 11) is 1.61. The van der Waals surface area contributed by atoms with E-state index in [1.807, 2.05) is 23.3 Å². The lowest BCUT2D eigenvalue weighted by Gasteiger charge is -2.31. The summed E-state index contributed by atoms with van der Waals surface area (Å²) >= 11 is 0. The summed E-state index contributed by atoms with van der Waals surface area (Å²) in [6, 6.07) is 1.30. The molecule has 2 aliphatic rings. The van der Waals surface area contributed by atoms with E-state index in [9.17, 15) is 19.5 Å². The number of halogens is 1. The van der Waals surface area contributed by atoms with E-state index in [-0.39, 0.29) is 28.8 Å². The van der Waals surface area contributed by atoms with Crippen LogP contribution in [0.5, 0.6) is 0 Å². The molecule has 0 unspecified atom stereocenters. The Morgan fingerprint density at radius 2 is 1.84 bits per heavy atom. The van der Waals surface area contributed by atoms with Gasteiger partial charge in [0.1, 0.15) is 17.7 Å². The molecule has 9 nitrogen and oxygen atoms in total. The molecule has 38 heavy (non-hydrogen) atoms. The highest BCUT2D eigenvalue weighted by molar-refractivity contribution is 5.95. The van der Waals surface area contributed by atoms with Crippen LogP contribution in [-0.4, -0.2) is 61.8 Å². The normalized spacial score (nSPS) is 18.8. The third kappa shape index (κ3) is 6.98. The zero-order valence-electron chi connectivity index (χ0n) is 22.9. The van der Waals surface area contributed by atoms with E-state index in [4.69, 9.17) is 14.3 Å². The number of hydrogen-bond acceptors (Lipinski definition) is 7. The zero-order chi connectivity index (χ0) is 28.4. The van der Waals surface area contributed by atoms with E-state index in [2.05, 4.69) is 0 Å². The number of hydrogen-bond donors (Lipinski definition) is 1. The SMILES string of the molecule is CC.CC=O.COC[C@@H]1CN(c2c(F)cc3c(=O)c(C(=O)O)cn(C4CC4)c3c2C)CCC[C@@H]1COC=O. The second-order valence-corrected chi connectivity index (χ2v) is 9.27. The number of aryl methyl sites for hydroxylation is 1. The molecule has 2 fully saturated rings. The molecule has 1 aliphatic carbocycles. The van der Waals surface area contributed by atoms with Crippen LogP contribution < -0.4 is 10.3 Å². The Morgan fingerprint density at radius 3 is 2.39 bits per heavy atom. The summed E-state index contributed by atoms with van der Waals surface area (Å²) in [5.74, 6) is -1.71. The lowest BCUT2D eigenvalue weighted by molar-refractivity contribution is -0.130. The predicted molar refractivity (Wildman–Crippen MR) is 144 cm³/mol. The van der Waals surface area contributed by atoms with Gasteiger partial charge in [0, 0.05) is 43.7 Å². The van der Waals surface area contributed by atoms with Gasteiger partial charge >= 0.3 is 5.97 Å². The van der Waals surface area contributed by atoms with Gasteiger partial charge in [0.15, 0.2) is 0 Å². The number of carboxylic acids is 1. The van der Waals surface area contributed by atoms with Crippen LogP contribution in [-0.2, 0) is 19.1 Å². The average Bonchev–Trinajstić information content (AvgIpc) is 3.74. The van der Waals surface area contributed by atoms with Gasteiger partial charge in [-0.15, -0.1) is 0 Å². The number of aromatic nitrogens is 1. The first kappa shape index (κ1) is 31.0. The Bertz CT molecular complexity index is 1180. The van der Waals surface area contributed by atoms with Crippen LogP contribution in [0.2, 0.25) is 0 Å². The molecule has 1 aliphatic heterocycles. The van der Waals surface area contributed by atoms with Crippen LogP contribution in [0.1, 0.15) is 68.4 Å².